The Balaban J connectivity index is 1.96. The molecule has 2 N–H and O–H groups in total. The number of rotatable bonds is 7. The summed E-state index contributed by atoms with van der Waals surface area (Å²) in [6.07, 6.45) is 3.56. The third kappa shape index (κ3) is 3.96. The maximum atomic E-state index is 12.2. The third-order valence-electron chi connectivity index (χ3n) is 3.44. The SMILES string of the molecule is COCCCC(=O)N(Cc1ccccc1N)C1CC1. The minimum Gasteiger partial charge on any atom is -0.398 e. The van der Waals surface area contributed by atoms with E-state index in [4.69, 9.17) is 10.5 Å². The third-order valence-corrected chi connectivity index (χ3v) is 3.44. The molecule has 0 atom stereocenters. The van der Waals surface area contributed by atoms with Gasteiger partial charge in [-0.05, 0) is 30.9 Å². The molecule has 1 aromatic carbocycles. The Labute approximate surface area is 114 Å². The van der Waals surface area contributed by atoms with Gasteiger partial charge in [-0.3, -0.25) is 4.79 Å². The molecule has 1 aliphatic rings. The van der Waals surface area contributed by atoms with Crippen LogP contribution in [0.4, 0.5) is 5.69 Å². The summed E-state index contributed by atoms with van der Waals surface area (Å²) in [6, 6.07) is 8.17. The van der Waals surface area contributed by atoms with Crippen molar-refractivity contribution in [2.45, 2.75) is 38.3 Å². The molecule has 0 unspecified atom stereocenters. The van der Waals surface area contributed by atoms with Crippen LogP contribution in [0.5, 0.6) is 0 Å². The molecule has 2 rings (SSSR count). The van der Waals surface area contributed by atoms with Crippen LogP contribution in [0.3, 0.4) is 0 Å². The smallest absolute Gasteiger partial charge is 0.223 e. The Morgan fingerprint density at radius 1 is 1.42 bits per heavy atom. The highest BCUT2D eigenvalue weighted by Crippen LogP contribution is 2.30. The second kappa shape index (κ2) is 6.57. The van der Waals surface area contributed by atoms with Crippen molar-refractivity contribution < 1.29 is 9.53 Å². The Hall–Kier alpha value is -1.55. The van der Waals surface area contributed by atoms with Gasteiger partial charge >= 0.3 is 0 Å². The van der Waals surface area contributed by atoms with E-state index in [0.29, 0.717) is 25.6 Å². The van der Waals surface area contributed by atoms with Crippen molar-refractivity contribution in [3.8, 4) is 0 Å². The van der Waals surface area contributed by atoms with Crippen LogP contribution < -0.4 is 5.73 Å². The molecule has 1 saturated carbocycles. The molecule has 1 amide bonds. The van der Waals surface area contributed by atoms with Crippen molar-refractivity contribution in [2.24, 2.45) is 0 Å². The van der Waals surface area contributed by atoms with Crippen molar-refractivity contribution in [1.82, 2.24) is 4.90 Å². The fraction of sp³-hybridized carbons (Fsp3) is 0.533. The summed E-state index contributed by atoms with van der Waals surface area (Å²) in [5, 5.41) is 0. The van der Waals surface area contributed by atoms with Crippen LogP contribution >= 0.6 is 0 Å². The largest absolute Gasteiger partial charge is 0.398 e. The average molecular weight is 262 g/mol. The molecule has 0 saturated heterocycles. The second-order valence-electron chi connectivity index (χ2n) is 5.05. The maximum Gasteiger partial charge on any atom is 0.223 e. The van der Waals surface area contributed by atoms with Crippen molar-refractivity contribution in [2.75, 3.05) is 19.5 Å². The Bertz CT molecular complexity index is 430. The lowest BCUT2D eigenvalue weighted by Crippen LogP contribution is -2.32. The number of nitrogens with two attached hydrogens (primary N) is 1. The zero-order valence-corrected chi connectivity index (χ0v) is 11.5. The first-order chi connectivity index (χ1) is 9.22. The monoisotopic (exact) mass is 262 g/mol. The lowest BCUT2D eigenvalue weighted by atomic mass is 10.1. The second-order valence-corrected chi connectivity index (χ2v) is 5.05. The maximum absolute atomic E-state index is 12.2. The van der Waals surface area contributed by atoms with E-state index in [0.717, 1.165) is 30.5 Å². The molecule has 0 radical (unpaired) electrons. The van der Waals surface area contributed by atoms with Crippen LogP contribution in [-0.4, -0.2) is 30.6 Å². The molecule has 1 aliphatic carbocycles. The van der Waals surface area contributed by atoms with E-state index in [1.165, 1.54) is 0 Å². The van der Waals surface area contributed by atoms with Crippen molar-refractivity contribution in [3.05, 3.63) is 29.8 Å². The molecule has 4 nitrogen and oxygen atoms in total. The Morgan fingerprint density at radius 3 is 2.79 bits per heavy atom. The normalized spacial score (nSPS) is 14.4. The standard InChI is InChI=1S/C15H22N2O2/c1-19-10-4-7-15(18)17(13-8-9-13)11-12-5-2-3-6-14(12)16/h2-3,5-6,13H,4,7-11,16H2,1H3. The summed E-state index contributed by atoms with van der Waals surface area (Å²) >= 11 is 0. The summed E-state index contributed by atoms with van der Waals surface area (Å²) < 4.78 is 4.99. The van der Waals surface area contributed by atoms with Crippen molar-refractivity contribution in [3.63, 3.8) is 0 Å². The van der Waals surface area contributed by atoms with Gasteiger partial charge in [0.15, 0.2) is 0 Å². The van der Waals surface area contributed by atoms with Gasteiger partial charge in [-0.2, -0.15) is 0 Å². The molecular weight excluding hydrogens is 240 g/mol. The lowest BCUT2D eigenvalue weighted by Gasteiger charge is -2.23. The molecule has 1 aromatic rings. The molecule has 1 fully saturated rings. The van der Waals surface area contributed by atoms with Gasteiger partial charge in [-0.1, -0.05) is 18.2 Å². The quantitative estimate of drug-likeness (QED) is 0.605. The van der Waals surface area contributed by atoms with Crippen LogP contribution in [0.1, 0.15) is 31.2 Å². The molecule has 0 aliphatic heterocycles. The Kier molecular flexibility index (Phi) is 4.80. The van der Waals surface area contributed by atoms with E-state index in [-0.39, 0.29) is 5.91 Å². The number of carbonyl (C=O) groups excluding carboxylic acids is 1. The number of benzene rings is 1. The summed E-state index contributed by atoms with van der Waals surface area (Å²) in [6.45, 7) is 1.26. The van der Waals surface area contributed by atoms with Gasteiger partial charge in [0.1, 0.15) is 0 Å². The molecule has 0 heterocycles. The van der Waals surface area contributed by atoms with E-state index >= 15 is 0 Å². The number of nitrogens with zero attached hydrogens (tertiary/aromatic N) is 1. The van der Waals surface area contributed by atoms with Gasteiger partial charge in [0.05, 0.1) is 0 Å². The Morgan fingerprint density at radius 2 is 2.16 bits per heavy atom. The molecule has 0 spiro atoms. The summed E-state index contributed by atoms with van der Waals surface area (Å²) in [7, 11) is 1.66. The van der Waals surface area contributed by atoms with Gasteiger partial charge in [0, 0.05) is 38.4 Å². The van der Waals surface area contributed by atoms with Gasteiger partial charge in [0.2, 0.25) is 5.91 Å². The number of para-hydroxylation sites is 1. The van der Waals surface area contributed by atoms with Crippen molar-refractivity contribution in [1.29, 1.82) is 0 Å². The van der Waals surface area contributed by atoms with Crippen LogP contribution in [0.15, 0.2) is 24.3 Å². The van der Waals surface area contributed by atoms with Gasteiger partial charge in [0.25, 0.3) is 0 Å². The van der Waals surface area contributed by atoms with E-state index in [2.05, 4.69) is 0 Å². The first-order valence-electron chi connectivity index (χ1n) is 6.84. The topological polar surface area (TPSA) is 55.6 Å². The number of ether oxygens (including phenoxy) is 1. The molecular formula is C15H22N2O2. The number of amides is 1. The fourth-order valence-electron chi connectivity index (χ4n) is 2.18. The summed E-state index contributed by atoms with van der Waals surface area (Å²) in [5.74, 6) is 0.211. The van der Waals surface area contributed by atoms with Crippen LogP contribution in [-0.2, 0) is 16.1 Å². The zero-order valence-electron chi connectivity index (χ0n) is 11.5. The molecule has 104 valence electrons. The fourth-order valence-corrected chi connectivity index (χ4v) is 2.18. The predicted molar refractivity (Wildman–Crippen MR) is 75.5 cm³/mol. The molecule has 0 aromatic heterocycles. The van der Waals surface area contributed by atoms with Gasteiger partial charge < -0.3 is 15.4 Å². The summed E-state index contributed by atoms with van der Waals surface area (Å²) in [4.78, 5) is 14.2. The van der Waals surface area contributed by atoms with Crippen molar-refractivity contribution >= 4 is 11.6 Å². The van der Waals surface area contributed by atoms with E-state index in [9.17, 15) is 4.79 Å². The highest BCUT2D eigenvalue weighted by atomic mass is 16.5. The minimum atomic E-state index is 0.211. The van der Waals surface area contributed by atoms with E-state index < -0.39 is 0 Å². The number of nitrogen functional groups attached to an aromatic ring is 1. The number of anilines is 1. The van der Waals surface area contributed by atoms with Crippen LogP contribution in [0.2, 0.25) is 0 Å². The summed E-state index contributed by atoms with van der Waals surface area (Å²) in [5.41, 5.74) is 7.75. The number of methoxy groups -OCH3 is 1. The highest BCUT2D eigenvalue weighted by molar-refractivity contribution is 5.77. The number of hydrogen-bond acceptors (Lipinski definition) is 3. The van der Waals surface area contributed by atoms with Gasteiger partial charge in [-0.25, -0.2) is 0 Å². The molecule has 19 heavy (non-hydrogen) atoms. The molecule has 4 heteroatoms. The van der Waals surface area contributed by atoms with E-state index in [1.807, 2.05) is 29.2 Å². The first kappa shape index (κ1) is 13.9. The molecule has 0 bridgehead atoms. The first-order valence-corrected chi connectivity index (χ1v) is 6.84. The zero-order chi connectivity index (χ0) is 13.7. The number of carbonyl (C=O) groups is 1. The number of hydrogen-bond donors (Lipinski definition) is 1. The van der Waals surface area contributed by atoms with E-state index in [1.54, 1.807) is 7.11 Å². The predicted octanol–water partition coefficient (Wildman–Crippen LogP) is 2.19. The van der Waals surface area contributed by atoms with Gasteiger partial charge in [-0.15, -0.1) is 0 Å². The highest BCUT2D eigenvalue weighted by Gasteiger charge is 2.32. The lowest BCUT2D eigenvalue weighted by molar-refractivity contribution is -0.132. The minimum absolute atomic E-state index is 0.211. The van der Waals surface area contributed by atoms with Crippen LogP contribution in [0, 0.1) is 0 Å². The average Bonchev–Trinajstić information content (AvgIpc) is 3.22. The van der Waals surface area contributed by atoms with Crippen LogP contribution in [0.25, 0.3) is 0 Å².